The maximum atomic E-state index is 11.8. The number of primary amides is 1. The number of hydrogen-bond donors (Lipinski definition) is 2. The number of hydrogen-bond acceptors (Lipinski definition) is 3. The van der Waals surface area contributed by atoms with Crippen LogP contribution in [0.1, 0.15) is 38.5 Å². The number of imide groups is 1. The van der Waals surface area contributed by atoms with Crippen molar-refractivity contribution in [3.63, 3.8) is 0 Å². The normalized spacial score (nSPS) is 28.9. The largest absolute Gasteiger partial charge is 0.369 e. The van der Waals surface area contributed by atoms with Crippen molar-refractivity contribution in [3.05, 3.63) is 0 Å². The fraction of sp³-hybridized carbons (Fsp3) is 0.727. The maximum absolute atomic E-state index is 11.8. The van der Waals surface area contributed by atoms with Crippen LogP contribution in [0.3, 0.4) is 0 Å². The lowest BCUT2D eigenvalue weighted by Crippen LogP contribution is -2.52. The van der Waals surface area contributed by atoms with E-state index >= 15 is 0 Å². The summed E-state index contributed by atoms with van der Waals surface area (Å²) < 4.78 is 0. The molecule has 1 heterocycles. The highest BCUT2D eigenvalue weighted by atomic mass is 16.2. The average molecular weight is 224 g/mol. The zero-order valence-corrected chi connectivity index (χ0v) is 9.12. The Labute approximate surface area is 93.8 Å². The molecule has 3 amide bonds. The van der Waals surface area contributed by atoms with Crippen LogP contribution in [0.25, 0.3) is 0 Å². The summed E-state index contributed by atoms with van der Waals surface area (Å²) in [4.78, 5) is 34.4. The SMILES string of the molecule is NC(=O)C1(C2CCC(=O)NC2=O)CCCC1. The molecule has 1 atom stereocenters. The molecular formula is C11H16N2O3. The first-order valence-electron chi connectivity index (χ1n) is 5.70. The average Bonchev–Trinajstić information content (AvgIpc) is 2.67. The number of piperidine rings is 1. The fourth-order valence-electron chi connectivity index (χ4n) is 2.99. The van der Waals surface area contributed by atoms with Crippen LogP contribution in [-0.2, 0) is 14.4 Å². The van der Waals surface area contributed by atoms with Crippen LogP contribution < -0.4 is 11.1 Å². The second kappa shape index (κ2) is 3.88. The minimum Gasteiger partial charge on any atom is -0.369 e. The van der Waals surface area contributed by atoms with E-state index in [0.717, 1.165) is 12.8 Å². The molecule has 5 nitrogen and oxygen atoms in total. The monoisotopic (exact) mass is 224 g/mol. The van der Waals surface area contributed by atoms with Gasteiger partial charge in [-0.2, -0.15) is 0 Å². The Balaban J connectivity index is 2.24. The molecule has 0 spiro atoms. The van der Waals surface area contributed by atoms with Crippen molar-refractivity contribution in [2.24, 2.45) is 17.1 Å². The van der Waals surface area contributed by atoms with E-state index in [2.05, 4.69) is 5.32 Å². The molecule has 0 radical (unpaired) electrons. The van der Waals surface area contributed by atoms with Crippen molar-refractivity contribution >= 4 is 17.7 Å². The van der Waals surface area contributed by atoms with Gasteiger partial charge in [0.25, 0.3) is 0 Å². The number of carbonyl (C=O) groups excluding carboxylic acids is 3. The first-order valence-corrected chi connectivity index (χ1v) is 5.70. The third-order valence-corrected chi connectivity index (χ3v) is 3.89. The summed E-state index contributed by atoms with van der Waals surface area (Å²) in [6, 6.07) is 0. The van der Waals surface area contributed by atoms with E-state index in [1.165, 1.54) is 0 Å². The van der Waals surface area contributed by atoms with E-state index in [1.54, 1.807) is 0 Å². The molecule has 2 aliphatic rings. The lowest BCUT2D eigenvalue weighted by molar-refractivity contribution is -0.146. The zero-order chi connectivity index (χ0) is 11.8. The molecule has 16 heavy (non-hydrogen) atoms. The van der Waals surface area contributed by atoms with Gasteiger partial charge in [0.1, 0.15) is 0 Å². The highest BCUT2D eigenvalue weighted by Gasteiger charge is 2.50. The van der Waals surface area contributed by atoms with Crippen molar-refractivity contribution in [1.29, 1.82) is 0 Å². The summed E-state index contributed by atoms with van der Waals surface area (Å²) in [5.41, 5.74) is 4.75. The lowest BCUT2D eigenvalue weighted by atomic mass is 9.69. The topological polar surface area (TPSA) is 89.3 Å². The summed E-state index contributed by atoms with van der Waals surface area (Å²) in [5.74, 6) is -1.37. The van der Waals surface area contributed by atoms with Crippen LogP contribution in [0, 0.1) is 11.3 Å². The third-order valence-electron chi connectivity index (χ3n) is 3.89. The summed E-state index contributed by atoms with van der Waals surface area (Å²) in [6.45, 7) is 0. The molecule has 1 unspecified atom stereocenters. The van der Waals surface area contributed by atoms with Gasteiger partial charge in [-0.05, 0) is 19.3 Å². The Morgan fingerprint density at radius 3 is 2.44 bits per heavy atom. The maximum Gasteiger partial charge on any atom is 0.230 e. The Morgan fingerprint density at radius 2 is 1.94 bits per heavy atom. The molecule has 1 aliphatic heterocycles. The molecule has 0 bridgehead atoms. The Bertz CT molecular complexity index is 345. The third kappa shape index (κ3) is 1.60. The molecule has 2 fully saturated rings. The molecule has 1 saturated carbocycles. The molecule has 1 saturated heterocycles. The summed E-state index contributed by atoms with van der Waals surface area (Å²) in [7, 11) is 0. The predicted octanol–water partition coefficient (Wildman–Crippen LogP) is 0.0849. The Kier molecular flexibility index (Phi) is 2.69. The molecule has 5 heteroatoms. The van der Waals surface area contributed by atoms with Gasteiger partial charge in [0.15, 0.2) is 0 Å². The molecule has 0 aromatic rings. The quantitative estimate of drug-likeness (QED) is 0.651. The number of rotatable bonds is 2. The lowest BCUT2D eigenvalue weighted by Gasteiger charge is -2.35. The van der Waals surface area contributed by atoms with Gasteiger partial charge < -0.3 is 5.73 Å². The van der Waals surface area contributed by atoms with E-state index < -0.39 is 11.3 Å². The van der Waals surface area contributed by atoms with Crippen molar-refractivity contribution in [2.75, 3.05) is 0 Å². The fourth-order valence-corrected chi connectivity index (χ4v) is 2.99. The molecule has 88 valence electrons. The standard InChI is InChI=1S/C11H16N2O3/c12-10(16)11(5-1-2-6-11)7-3-4-8(14)13-9(7)15/h7H,1-6H2,(H2,12,16)(H,13,14,15). The Hall–Kier alpha value is -1.39. The summed E-state index contributed by atoms with van der Waals surface area (Å²) in [5, 5.41) is 2.30. The van der Waals surface area contributed by atoms with Crippen LogP contribution in [0.15, 0.2) is 0 Å². The highest BCUT2D eigenvalue weighted by molar-refractivity contribution is 6.01. The number of nitrogens with two attached hydrogens (primary N) is 1. The first-order chi connectivity index (χ1) is 7.56. The van der Waals surface area contributed by atoms with Gasteiger partial charge in [0.05, 0.1) is 11.3 Å². The van der Waals surface area contributed by atoms with Crippen molar-refractivity contribution in [3.8, 4) is 0 Å². The van der Waals surface area contributed by atoms with Gasteiger partial charge in [0, 0.05) is 6.42 Å². The smallest absolute Gasteiger partial charge is 0.230 e. The van der Waals surface area contributed by atoms with Crippen molar-refractivity contribution in [1.82, 2.24) is 5.32 Å². The van der Waals surface area contributed by atoms with E-state index in [0.29, 0.717) is 25.7 Å². The van der Waals surface area contributed by atoms with Gasteiger partial charge in [-0.25, -0.2) is 0 Å². The summed E-state index contributed by atoms with van der Waals surface area (Å²) >= 11 is 0. The molecular weight excluding hydrogens is 208 g/mol. The van der Waals surface area contributed by atoms with Crippen molar-refractivity contribution in [2.45, 2.75) is 38.5 Å². The van der Waals surface area contributed by atoms with Gasteiger partial charge in [-0.15, -0.1) is 0 Å². The predicted molar refractivity (Wildman–Crippen MR) is 56.0 cm³/mol. The van der Waals surface area contributed by atoms with Crippen LogP contribution in [-0.4, -0.2) is 17.7 Å². The molecule has 2 rings (SSSR count). The first kappa shape index (κ1) is 11.1. The highest BCUT2D eigenvalue weighted by Crippen LogP contribution is 2.46. The second-order valence-electron chi connectivity index (χ2n) is 4.73. The van der Waals surface area contributed by atoms with Gasteiger partial charge in [0.2, 0.25) is 17.7 Å². The van der Waals surface area contributed by atoms with Crippen LogP contribution in [0.2, 0.25) is 0 Å². The second-order valence-corrected chi connectivity index (χ2v) is 4.73. The van der Waals surface area contributed by atoms with Crippen molar-refractivity contribution < 1.29 is 14.4 Å². The molecule has 0 aromatic carbocycles. The van der Waals surface area contributed by atoms with Gasteiger partial charge >= 0.3 is 0 Å². The Morgan fingerprint density at radius 1 is 1.31 bits per heavy atom. The van der Waals surface area contributed by atoms with Gasteiger partial charge in [-0.3, -0.25) is 19.7 Å². The molecule has 1 aliphatic carbocycles. The van der Waals surface area contributed by atoms with E-state index in [4.69, 9.17) is 5.73 Å². The summed E-state index contributed by atoms with van der Waals surface area (Å²) in [6.07, 6.45) is 3.98. The van der Waals surface area contributed by atoms with E-state index in [1.807, 2.05) is 0 Å². The number of carbonyl (C=O) groups is 3. The zero-order valence-electron chi connectivity index (χ0n) is 9.12. The number of nitrogens with one attached hydrogen (secondary N) is 1. The van der Waals surface area contributed by atoms with Gasteiger partial charge in [-0.1, -0.05) is 12.8 Å². The number of amides is 3. The van der Waals surface area contributed by atoms with Crippen LogP contribution >= 0.6 is 0 Å². The van der Waals surface area contributed by atoms with Crippen LogP contribution in [0.4, 0.5) is 0 Å². The molecule has 0 aromatic heterocycles. The molecule has 3 N–H and O–H groups in total. The van der Waals surface area contributed by atoms with Crippen LogP contribution in [0.5, 0.6) is 0 Å². The van der Waals surface area contributed by atoms with E-state index in [9.17, 15) is 14.4 Å². The minimum atomic E-state index is -0.704. The van der Waals surface area contributed by atoms with E-state index in [-0.39, 0.29) is 17.7 Å². The minimum absolute atomic E-state index is 0.251.